The maximum Gasteiger partial charge on any atom is 0.237 e. The van der Waals surface area contributed by atoms with Gasteiger partial charge in [-0.15, -0.1) is 10.2 Å². The van der Waals surface area contributed by atoms with Crippen molar-refractivity contribution in [1.29, 1.82) is 0 Å². The summed E-state index contributed by atoms with van der Waals surface area (Å²) in [6, 6.07) is 16.4. The summed E-state index contributed by atoms with van der Waals surface area (Å²) in [6.07, 6.45) is 3.76. The topological polar surface area (TPSA) is 63.1 Å². The van der Waals surface area contributed by atoms with E-state index < -0.39 is 0 Å². The smallest absolute Gasteiger partial charge is 0.237 e. The first kappa shape index (κ1) is 24.5. The van der Waals surface area contributed by atoms with E-state index in [9.17, 15) is 4.79 Å². The van der Waals surface area contributed by atoms with Crippen LogP contribution in [0.3, 0.4) is 0 Å². The standard InChI is InChI=1S/C27H35N5OS/c1-19(2)23-15-11-12-20(3)25(23)28-26(33)21(4)34-27-30-29-24(18-31-16-9-6-10-17-31)32(27)22-13-7-5-8-14-22/h5,7-8,11-15,19,21H,6,9-10,16-18H2,1-4H3,(H,28,33). The summed E-state index contributed by atoms with van der Waals surface area (Å²) in [5.41, 5.74) is 4.18. The molecule has 2 heterocycles. The first-order valence-electron chi connectivity index (χ1n) is 12.2. The molecular formula is C27H35N5OS. The first-order chi connectivity index (χ1) is 16.4. The molecule has 1 aromatic heterocycles. The molecule has 1 unspecified atom stereocenters. The van der Waals surface area contributed by atoms with Crippen molar-refractivity contribution in [3.8, 4) is 5.69 Å². The van der Waals surface area contributed by atoms with Gasteiger partial charge in [-0.3, -0.25) is 14.3 Å². The van der Waals surface area contributed by atoms with Gasteiger partial charge in [0.1, 0.15) is 0 Å². The van der Waals surface area contributed by atoms with Crippen molar-refractivity contribution in [1.82, 2.24) is 19.7 Å². The van der Waals surface area contributed by atoms with Gasteiger partial charge in [0.05, 0.1) is 11.8 Å². The summed E-state index contributed by atoms with van der Waals surface area (Å²) in [5, 5.41) is 12.7. The lowest BCUT2D eigenvalue weighted by Crippen LogP contribution is -2.30. The van der Waals surface area contributed by atoms with Crippen LogP contribution in [0.4, 0.5) is 5.69 Å². The molecule has 0 saturated carbocycles. The molecule has 0 bridgehead atoms. The number of aryl methyl sites for hydroxylation is 1. The van der Waals surface area contributed by atoms with Crippen LogP contribution < -0.4 is 5.32 Å². The highest BCUT2D eigenvalue weighted by molar-refractivity contribution is 8.00. The lowest BCUT2D eigenvalue weighted by atomic mass is 9.98. The number of para-hydroxylation sites is 2. The Balaban J connectivity index is 1.56. The quantitative estimate of drug-likeness (QED) is 0.415. The van der Waals surface area contributed by atoms with E-state index in [4.69, 9.17) is 0 Å². The third-order valence-electron chi connectivity index (χ3n) is 6.36. The van der Waals surface area contributed by atoms with E-state index in [1.54, 1.807) is 0 Å². The number of benzene rings is 2. The number of piperidine rings is 1. The molecular weight excluding hydrogens is 442 g/mol. The molecule has 1 saturated heterocycles. The van der Waals surface area contributed by atoms with Crippen LogP contribution in [0.5, 0.6) is 0 Å². The number of rotatable bonds is 8. The van der Waals surface area contributed by atoms with Crippen molar-refractivity contribution >= 4 is 23.4 Å². The molecule has 1 N–H and O–H groups in total. The highest BCUT2D eigenvalue weighted by Gasteiger charge is 2.24. The van der Waals surface area contributed by atoms with Crippen LogP contribution in [0, 0.1) is 6.92 Å². The number of carbonyl (C=O) groups excluding carboxylic acids is 1. The Bertz CT molecular complexity index is 1110. The Hall–Kier alpha value is -2.64. The third-order valence-corrected chi connectivity index (χ3v) is 7.40. The maximum absolute atomic E-state index is 13.2. The van der Waals surface area contributed by atoms with Crippen LogP contribution in [0.25, 0.3) is 5.69 Å². The highest BCUT2D eigenvalue weighted by atomic mass is 32.2. The van der Waals surface area contributed by atoms with E-state index in [-0.39, 0.29) is 11.2 Å². The molecule has 3 aromatic rings. The summed E-state index contributed by atoms with van der Waals surface area (Å²) >= 11 is 1.45. The Kier molecular flexibility index (Phi) is 8.06. The fraction of sp³-hybridized carbons (Fsp3) is 0.444. The first-order valence-corrected chi connectivity index (χ1v) is 13.1. The molecule has 1 aliphatic rings. The van der Waals surface area contributed by atoms with Crippen molar-refractivity contribution in [3.63, 3.8) is 0 Å². The fourth-order valence-corrected chi connectivity index (χ4v) is 5.30. The molecule has 7 heteroatoms. The van der Waals surface area contributed by atoms with Crippen LogP contribution in [0.1, 0.15) is 62.9 Å². The lowest BCUT2D eigenvalue weighted by molar-refractivity contribution is -0.115. The number of nitrogens with one attached hydrogen (secondary N) is 1. The number of aromatic nitrogens is 3. The zero-order valence-corrected chi connectivity index (χ0v) is 21.4. The number of hydrogen-bond donors (Lipinski definition) is 1. The number of carbonyl (C=O) groups is 1. The molecule has 4 rings (SSSR count). The molecule has 0 radical (unpaired) electrons. The third kappa shape index (κ3) is 5.70. The Morgan fingerprint density at radius 1 is 1.00 bits per heavy atom. The normalized spacial score (nSPS) is 15.4. The molecule has 0 spiro atoms. The van der Waals surface area contributed by atoms with E-state index in [1.165, 1.54) is 31.0 Å². The Morgan fingerprint density at radius 2 is 1.74 bits per heavy atom. The van der Waals surface area contributed by atoms with Crippen molar-refractivity contribution in [2.75, 3.05) is 18.4 Å². The average molecular weight is 478 g/mol. The minimum Gasteiger partial charge on any atom is -0.325 e. The predicted octanol–water partition coefficient (Wildman–Crippen LogP) is 5.80. The van der Waals surface area contributed by atoms with E-state index in [0.29, 0.717) is 5.92 Å². The molecule has 180 valence electrons. The number of thioether (sulfide) groups is 1. The van der Waals surface area contributed by atoms with Crippen molar-refractivity contribution in [2.45, 2.75) is 69.8 Å². The molecule has 2 aromatic carbocycles. The van der Waals surface area contributed by atoms with Crippen LogP contribution in [-0.2, 0) is 11.3 Å². The van der Waals surface area contributed by atoms with Gasteiger partial charge in [-0.25, -0.2) is 0 Å². The largest absolute Gasteiger partial charge is 0.325 e. The van der Waals surface area contributed by atoms with Crippen molar-refractivity contribution in [2.24, 2.45) is 0 Å². The second kappa shape index (κ2) is 11.2. The number of nitrogens with zero attached hydrogens (tertiary/aromatic N) is 4. The fourth-order valence-electron chi connectivity index (χ4n) is 4.41. The number of anilines is 1. The number of likely N-dealkylation sites (tertiary alicyclic amines) is 1. The van der Waals surface area contributed by atoms with Gasteiger partial charge in [0.2, 0.25) is 5.91 Å². The van der Waals surface area contributed by atoms with E-state index >= 15 is 0 Å². The average Bonchev–Trinajstić information content (AvgIpc) is 3.23. The summed E-state index contributed by atoms with van der Waals surface area (Å²) in [6.45, 7) is 11.2. The number of amides is 1. The monoisotopic (exact) mass is 477 g/mol. The van der Waals surface area contributed by atoms with Gasteiger partial charge in [0, 0.05) is 11.4 Å². The Morgan fingerprint density at radius 3 is 2.44 bits per heavy atom. The summed E-state index contributed by atoms with van der Waals surface area (Å²) in [4.78, 5) is 15.7. The van der Waals surface area contributed by atoms with Gasteiger partial charge in [0.15, 0.2) is 11.0 Å². The molecule has 1 amide bonds. The van der Waals surface area contributed by atoms with Gasteiger partial charge in [0.25, 0.3) is 0 Å². The van der Waals surface area contributed by atoms with Crippen molar-refractivity contribution < 1.29 is 4.79 Å². The van der Waals surface area contributed by atoms with Gasteiger partial charge in [-0.1, -0.05) is 68.4 Å². The van der Waals surface area contributed by atoms with E-state index in [0.717, 1.165) is 53.1 Å². The van der Waals surface area contributed by atoms with Gasteiger partial charge < -0.3 is 5.32 Å². The summed E-state index contributed by atoms with van der Waals surface area (Å²) in [5.74, 6) is 1.22. The zero-order chi connectivity index (χ0) is 24.1. The second-order valence-corrected chi connectivity index (χ2v) is 10.7. The van der Waals surface area contributed by atoms with Gasteiger partial charge in [-0.05, 0) is 69.0 Å². The predicted molar refractivity (Wildman–Crippen MR) is 140 cm³/mol. The van der Waals surface area contributed by atoms with Crippen LogP contribution >= 0.6 is 11.8 Å². The van der Waals surface area contributed by atoms with E-state index in [2.05, 4.69) is 57.0 Å². The van der Waals surface area contributed by atoms with Crippen LogP contribution in [0.15, 0.2) is 53.7 Å². The number of hydrogen-bond acceptors (Lipinski definition) is 5. The Labute approximate surface area is 207 Å². The minimum absolute atomic E-state index is 0.0265. The van der Waals surface area contributed by atoms with Gasteiger partial charge in [-0.2, -0.15) is 0 Å². The molecule has 34 heavy (non-hydrogen) atoms. The molecule has 0 aliphatic carbocycles. The molecule has 1 aliphatic heterocycles. The molecule has 1 fully saturated rings. The lowest BCUT2D eigenvalue weighted by Gasteiger charge is -2.26. The second-order valence-electron chi connectivity index (χ2n) is 9.35. The molecule has 6 nitrogen and oxygen atoms in total. The SMILES string of the molecule is Cc1cccc(C(C)C)c1NC(=O)C(C)Sc1nnc(CN2CCCCC2)n1-c1ccccc1. The zero-order valence-electron chi connectivity index (χ0n) is 20.6. The van der Waals surface area contributed by atoms with Crippen LogP contribution in [0.2, 0.25) is 0 Å². The maximum atomic E-state index is 13.2. The summed E-state index contributed by atoms with van der Waals surface area (Å²) < 4.78 is 2.11. The van der Waals surface area contributed by atoms with Gasteiger partial charge >= 0.3 is 0 Å². The van der Waals surface area contributed by atoms with E-state index in [1.807, 2.05) is 44.2 Å². The summed E-state index contributed by atoms with van der Waals surface area (Å²) in [7, 11) is 0. The van der Waals surface area contributed by atoms with Crippen molar-refractivity contribution in [3.05, 3.63) is 65.5 Å². The highest BCUT2D eigenvalue weighted by Crippen LogP contribution is 2.30. The minimum atomic E-state index is -0.325. The van der Waals surface area contributed by atoms with Crippen LogP contribution in [-0.4, -0.2) is 43.9 Å². The molecule has 1 atom stereocenters.